The minimum Gasteiger partial charge on any atom is -0.481 e. The highest BCUT2D eigenvalue weighted by molar-refractivity contribution is 5.69. The molecule has 2 nitrogen and oxygen atoms in total. The largest absolute Gasteiger partial charge is 0.481 e. The van der Waals surface area contributed by atoms with Gasteiger partial charge in [-0.15, -0.1) is 0 Å². The number of carbonyl (C=O) groups is 1. The van der Waals surface area contributed by atoms with Crippen LogP contribution in [0.1, 0.15) is 59.8 Å². The summed E-state index contributed by atoms with van der Waals surface area (Å²) >= 11 is 0. The molecule has 0 aromatic carbocycles. The Morgan fingerprint density at radius 2 is 1.80 bits per heavy atom. The van der Waals surface area contributed by atoms with E-state index in [-0.39, 0.29) is 5.92 Å². The first kappa shape index (κ1) is 14.5. The number of carboxylic acids is 1. The van der Waals surface area contributed by atoms with Crippen molar-refractivity contribution in [1.82, 2.24) is 0 Å². The van der Waals surface area contributed by atoms with Crippen LogP contribution in [-0.2, 0) is 4.79 Å². The van der Waals surface area contributed by atoms with Crippen molar-refractivity contribution in [2.24, 2.45) is 17.8 Å². The van der Waals surface area contributed by atoms with Crippen LogP contribution in [0.4, 0.5) is 0 Å². The maximum absolute atomic E-state index is 11.0. The predicted molar refractivity (Wildman–Crippen MR) is 63.9 cm³/mol. The Bertz CT molecular complexity index is 177. The van der Waals surface area contributed by atoms with Crippen molar-refractivity contribution in [2.45, 2.75) is 59.8 Å². The molecule has 0 aliphatic carbocycles. The lowest BCUT2D eigenvalue weighted by atomic mass is 9.77. The van der Waals surface area contributed by atoms with Crippen molar-refractivity contribution in [3.8, 4) is 0 Å². The second kappa shape index (κ2) is 7.72. The van der Waals surface area contributed by atoms with E-state index in [9.17, 15) is 4.79 Å². The Hall–Kier alpha value is -0.530. The Morgan fingerprint density at radius 1 is 1.20 bits per heavy atom. The van der Waals surface area contributed by atoms with Crippen LogP contribution in [0.5, 0.6) is 0 Å². The lowest BCUT2D eigenvalue weighted by Gasteiger charge is -2.28. The first-order valence-electron chi connectivity index (χ1n) is 6.31. The Balaban J connectivity index is 4.38. The molecule has 0 rings (SSSR count). The SMILES string of the molecule is CCCCC(CC)C(CC)C(C)C(=O)O. The number of hydrogen-bond donors (Lipinski definition) is 1. The van der Waals surface area contributed by atoms with Gasteiger partial charge in [0.2, 0.25) is 0 Å². The van der Waals surface area contributed by atoms with E-state index in [1.807, 2.05) is 6.92 Å². The zero-order valence-corrected chi connectivity index (χ0v) is 10.6. The van der Waals surface area contributed by atoms with Crippen LogP contribution < -0.4 is 0 Å². The highest BCUT2D eigenvalue weighted by Crippen LogP contribution is 2.31. The molecule has 0 radical (unpaired) electrons. The van der Waals surface area contributed by atoms with Crippen molar-refractivity contribution >= 4 is 5.97 Å². The summed E-state index contributed by atoms with van der Waals surface area (Å²) < 4.78 is 0. The van der Waals surface area contributed by atoms with Crippen LogP contribution in [0.3, 0.4) is 0 Å². The Morgan fingerprint density at radius 3 is 2.13 bits per heavy atom. The van der Waals surface area contributed by atoms with Gasteiger partial charge in [-0.25, -0.2) is 0 Å². The Labute approximate surface area is 94.1 Å². The van der Waals surface area contributed by atoms with E-state index in [1.165, 1.54) is 19.3 Å². The zero-order valence-electron chi connectivity index (χ0n) is 10.6. The van der Waals surface area contributed by atoms with E-state index in [1.54, 1.807) is 0 Å². The first-order chi connectivity index (χ1) is 7.08. The van der Waals surface area contributed by atoms with Gasteiger partial charge >= 0.3 is 5.97 Å². The molecule has 0 spiro atoms. The molecule has 0 aromatic heterocycles. The van der Waals surface area contributed by atoms with Crippen molar-refractivity contribution in [3.05, 3.63) is 0 Å². The maximum atomic E-state index is 11.0. The second-order valence-electron chi connectivity index (χ2n) is 4.51. The van der Waals surface area contributed by atoms with Crippen LogP contribution in [0.25, 0.3) is 0 Å². The van der Waals surface area contributed by atoms with Gasteiger partial charge in [-0.3, -0.25) is 4.79 Å². The molecule has 0 aliphatic rings. The smallest absolute Gasteiger partial charge is 0.306 e. The molecular formula is C13H26O2. The number of hydrogen-bond acceptors (Lipinski definition) is 1. The molecule has 3 atom stereocenters. The third-order valence-corrected chi connectivity index (χ3v) is 3.56. The first-order valence-corrected chi connectivity index (χ1v) is 6.31. The predicted octanol–water partition coefficient (Wildman–Crippen LogP) is 3.95. The van der Waals surface area contributed by atoms with E-state index in [4.69, 9.17) is 5.11 Å². The van der Waals surface area contributed by atoms with E-state index in [0.29, 0.717) is 11.8 Å². The quantitative estimate of drug-likeness (QED) is 0.664. The molecule has 0 saturated heterocycles. The summed E-state index contributed by atoms with van der Waals surface area (Å²) in [5, 5.41) is 9.05. The highest BCUT2D eigenvalue weighted by Gasteiger charge is 2.28. The summed E-state index contributed by atoms with van der Waals surface area (Å²) in [6, 6.07) is 0. The lowest BCUT2D eigenvalue weighted by Crippen LogP contribution is -2.26. The van der Waals surface area contributed by atoms with Gasteiger partial charge < -0.3 is 5.11 Å². The molecule has 0 amide bonds. The van der Waals surface area contributed by atoms with Crippen LogP contribution in [0.2, 0.25) is 0 Å². The number of unbranched alkanes of at least 4 members (excludes halogenated alkanes) is 1. The minimum atomic E-state index is -0.642. The molecule has 0 heterocycles. The number of aliphatic carboxylic acids is 1. The molecule has 0 aromatic rings. The molecule has 1 N–H and O–H groups in total. The van der Waals surface area contributed by atoms with Gasteiger partial charge in [0, 0.05) is 0 Å². The van der Waals surface area contributed by atoms with Gasteiger partial charge in [0.25, 0.3) is 0 Å². The molecular weight excluding hydrogens is 188 g/mol. The third kappa shape index (κ3) is 4.67. The summed E-state index contributed by atoms with van der Waals surface area (Å²) in [4.78, 5) is 11.0. The van der Waals surface area contributed by atoms with Gasteiger partial charge in [0.15, 0.2) is 0 Å². The van der Waals surface area contributed by atoms with Crippen LogP contribution in [-0.4, -0.2) is 11.1 Å². The molecule has 0 fully saturated rings. The summed E-state index contributed by atoms with van der Waals surface area (Å²) in [6.45, 7) is 8.33. The molecule has 3 unspecified atom stereocenters. The number of carboxylic acid groups (broad SMARTS) is 1. The summed E-state index contributed by atoms with van der Waals surface area (Å²) in [7, 11) is 0. The van der Waals surface area contributed by atoms with Crippen molar-refractivity contribution < 1.29 is 9.90 Å². The molecule has 0 bridgehead atoms. The fourth-order valence-electron chi connectivity index (χ4n) is 2.47. The average Bonchev–Trinajstić information content (AvgIpc) is 2.23. The molecule has 15 heavy (non-hydrogen) atoms. The summed E-state index contributed by atoms with van der Waals surface area (Å²) in [5.74, 6) is 0.0914. The summed E-state index contributed by atoms with van der Waals surface area (Å²) in [6.07, 6.45) is 5.70. The molecule has 0 saturated carbocycles. The van der Waals surface area contributed by atoms with Gasteiger partial charge in [-0.2, -0.15) is 0 Å². The van der Waals surface area contributed by atoms with E-state index in [2.05, 4.69) is 20.8 Å². The van der Waals surface area contributed by atoms with Gasteiger partial charge in [-0.1, -0.05) is 59.8 Å². The fourth-order valence-corrected chi connectivity index (χ4v) is 2.47. The third-order valence-electron chi connectivity index (χ3n) is 3.56. The fraction of sp³-hybridized carbons (Fsp3) is 0.923. The standard InChI is InChI=1S/C13H26O2/c1-5-8-9-11(6-2)12(7-3)10(4)13(14)15/h10-12H,5-9H2,1-4H3,(H,14,15). The van der Waals surface area contributed by atoms with Crippen molar-refractivity contribution in [1.29, 1.82) is 0 Å². The van der Waals surface area contributed by atoms with E-state index in [0.717, 1.165) is 12.8 Å². The van der Waals surface area contributed by atoms with Crippen LogP contribution in [0, 0.1) is 17.8 Å². The lowest BCUT2D eigenvalue weighted by molar-refractivity contribution is -0.143. The number of rotatable bonds is 8. The van der Waals surface area contributed by atoms with Crippen LogP contribution >= 0.6 is 0 Å². The van der Waals surface area contributed by atoms with E-state index < -0.39 is 5.97 Å². The monoisotopic (exact) mass is 214 g/mol. The second-order valence-corrected chi connectivity index (χ2v) is 4.51. The maximum Gasteiger partial charge on any atom is 0.306 e. The molecule has 90 valence electrons. The normalized spacial score (nSPS) is 17.1. The van der Waals surface area contributed by atoms with Gasteiger partial charge in [-0.05, 0) is 11.8 Å². The zero-order chi connectivity index (χ0) is 11.8. The van der Waals surface area contributed by atoms with Gasteiger partial charge in [0.1, 0.15) is 0 Å². The van der Waals surface area contributed by atoms with Crippen molar-refractivity contribution in [3.63, 3.8) is 0 Å². The van der Waals surface area contributed by atoms with Crippen LogP contribution in [0.15, 0.2) is 0 Å². The topological polar surface area (TPSA) is 37.3 Å². The highest BCUT2D eigenvalue weighted by atomic mass is 16.4. The van der Waals surface area contributed by atoms with E-state index >= 15 is 0 Å². The average molecular weight is 214 g/mol. The minimum absolute atomic E-state index is 0.197. The Kier molecular flexibility index (Phi) is 7.45. The summed E-state index contributed by atoms with van der Waals surface area (Å²) in [5.41, 5.74) is 0. The molecule has 0 aliphatic heterocycles. The van der Waals surface area contributed by atoms with Crippen molar-refractivity contribution in [2.75, 3.05) is 0 Å². The molecule has 2 heteroatoms. The van der Waals surface area contributed by atoms with Gasteiger partial charge in [0.05, 0.1) is 5.92 Å².